The second-order valence-corrected chi connectivity index (χ2v) is 23.3. The van der Waals surface area contributed by atoms with Crippen LogP contribution in [0.4, 0.5) is 0 Å². The molecule has 8 nitrogen and oxygen atoms in total. The number of benzene rings is 5. The van der Waals surface area contributed by atoms with Crippen molar-refractivity contribution in [2.75, 3.05) is 13.2 Å². The van der Waals surface area contributed by atoms with Crippen molar-refractivity contribution in [3.8, 4) is 22.6 Å². The third-order valence-electron chi connectivity index (χ3n) is 16.0. The fourth-order valence-electron chi connectivity index (χ4n) is 9.82. The summed E-state index contributed by atoms with van der Waals surface area (Å²) in [5.41, 5.74) is 13.1. The Hall–Kier alpha value is -5.60. The van der Waals surface area contributed by atoms with Crippen molar-refractivity contribution in [2.45, 2.75) is 186 Å². The van der Waals surface area contributed by atoms with Gasteiger partial charge in [0.1, 0.15) is 24.7 Å². The lowest BCUT2D eigenvalue weighted by atomic mass is 9.68. The molecular weight excluding hydrogens is 920 g/mol. The smallest absolute Gasteiger partial charge is 0.486 e. The highest BCUT2D eigenvalue weighted by Crippen LogP contribution is 2.44. The summed E-state index contributed by atoms with van der Waals surface area (Å²) < 4.78 is 24.5. The number of hydrogen-bond donors (Lipinski definition) is 0. The Morgan fingerprint density at radius 1 is 0.514 bits per heavy atom. The van der Waals surface area contributed by atoms with E-state index >= 15 is 0 Å². The van der Waals surface area contributed by atoms with E-state index < -0.39 is 10.8 Å². The summed E-state index contributed by atoms with van der Waals surface area (Å²) in [4.78, 5) is 40.9. The van der Waals surface area contributed by atoms with Crippen molar-refractivity contribution in [3.63, 3.8) is 0 Å². The highest BCUT2D eigenvalue weighted by molar-refractivity contribution is 6.62. The van der Waals surface area contributed by atoms with E-state index in [0.717, 1.165) is 60.2 Å². The van der Waals surface area contributed by atoms with Gasteiger partial charge in [-0.15, -0.1) is 0 Å². The first-order valence-corrected chi connectivity index (χ1v) is 26.8. The minimum atomic E-state index is -0.405. The van der Waals surface area contributed by atoms with E-state index in [-0.39, 0.29) is 60.1 Å². The molecule has 1 heterocycles. The standard InChI is InChI=1S/C33H42O2.C31H45BO4.CO2/c1-9-25-12-14-26(15-13-25)29-18-16-27(20-23(29)4)33(10-2,11-3)28-17-19-30(24(5)21-28)35-22-31(34)32(6,7)8;1-12-31(13-2,24-15-17-26(22(4)19-24)34-20-27(33)28(5,6)7)23-14-16-25(21(3)18-23)32-35-29(8,9)30(10,11)36-32;2-1-3/h12-21H,9-11,22H2,1-8H3;14-19H,12-13,20H2,1-11H3;. The molecule has 1 aliphatic heterocycles. The summed E-state index contributed by atoms with van der Waals surface area (Å²) in [6, 6.07) is 35.5. The number of ketones is 2. The summed E-state index contributed by atoms with van der Waals surface area (Å²) in [6.07, 6.45) is 5.27. The Morgan fingerprint density at radius 3 is 1.19 bits per heavy atom. The van der Waals surface area contributed by atoms with Crippen LogP contribution in [0.2, 0.25) is 0 Å². The summed E-state index contributed by atoms with van der Waals surface area (Å²) in [7, 11) is -0.365. The van der Waals surface area contributed by atoms with E-state index in [0.29, 0.717) is 0 Å². The predicted octanol–water partition coefficient (Wildman–Crippen LogP) is 14.8. The number of rotatable bonds is 17. The monoisotopic (exact) mass is 1010 g/mol. The summed E-state index contributed by atoms with van der Waals surface area (Å²) >= 11 is 0. The maximum absolute atomic E-state index is 12.3. The van der Waals surface area contributed by atoms with E-state index in [2.05, 4.69) is 175 Å². The molecule has 0 amide bonds. The first-order chi connectivity index (χ1) is 34.5. The average Bonchev–Trinajstić information content (AvgIpc) is 3.56. The molecule has 0 radical (unpaired) electrons. The SMILES string of the molecule is CCC(CC)(c1ccc(OCC(=O)C(C)(C)C)c(C)c1)c1ccc(B2OC(C)(C)C(C)(C)O2)c(C)c1.CCc1ccc(-c2ccc(C(CC)(CC)c3ccc(OCC(=O)C(C)(C)C)c(C)c3)cc2C)cc1.O=C=O. The van der Waals surface area contributed by atoms with Crippen molar-refractivity contribution in [1.82, 2.24) is 0 Å². The molecule has 0 unspecified atom stereocenters. The molecule has 0 atom stereocenters. The molecule has 0 aromatic heterocycles. The second-order valence-electron chi connectivity index (χ2n) is 23.3. The zero-order valence-electron chi connectivity index (χ0n) is 48.5. The number of hydrogen-bond acceptors (Lipinski definition) is 8. The molecule has 1 saturated heterocycles. The van der Waals surface area contributed by atoms with Gasteiger partial charge in [0.25, 0.3) is 0 Å². The minimum absolute atomic E-state index is 0.0696. The van der Waals surface area contributed by atoms with Crippen LogP contribution in [0, 0.1) is 38.5 Å². The molecule has 398 valence electrons. The lowest BCUT2D eigenvalue weighted by Gasteiger charge is -2.34. The highest BCUT2D eigenvalue weighted by atomic mass is 16.7. The molecule has 0 bridgehead atoms. The van der Waals surface area contributed by atoms with Gasteiger partial charge in [0.2, 0.25) is 0 Å². The molecule has 1 aliphatic rings. The molecule has 0 saturated carbocycles. The maximum Gasteiger partial charge on any atom is 0.495 e. The molecule has 0 aliphatic carbocycles. The van der Waals surface area contributed by atoms with Gasteiger partial charge in [0.05, 0.1) is 11.2 Å². The number of Topliss-reactive ketones (excluding diaryl/α,β-unsaturated/α-hetero) is 2. The molecule has 5 aromatic carbocycles. The summed E-state index contributed by atoms with van der Waals surface area (Å²) in [5, 5.41) is 0. The van der Waals surface area contributed by atoms with Gasteiger partial charge in [-0.2, -0.15) is 9.59 Å². The fraction of sp³-hybridized carbons (Fsp3) is 0.492. The lowest BCUT2D eigenvalue weighted by Crippen LogP contribution is -2.41. The van der Waals surface area contributed by atoms with Crippen LogP contribution in [-0.4, -0.2) is 49.3 Å². The Bertz CT molecular complexity index is 2720. The van der Waals surface area contributed by atoms with Crippen LogP contribution < -0.4 is 14.9 Å². The first kappa shape index (κ1) is 61.0. The van der Waals surface area contributed by atoms with Crippen molar-refractivity contribution in [1.29, 1.82) is 0 Å². The molecule has 5 aromatic rings. The third-order valence-corrected chi connectivity index (χ3v) is 16.0. The van der Waals surface area contributed by atoms with Crippen LogP contribution in [-0.2, 0) is 45.7 Å². The van der Waals surface area contributed by atoms with Crippen LogP contribution in [0.1, 0.15) is 180 Å². The fourth-order valence-corrected chi connectivity index (χ4v) is 9.82. The molecule has 9 heteroatoms. The van der Waals surface area contributed by atoms with Crippen molar-refractivity contribution < 1.29 is 38.0 Å². The van der Waals surface area contributed by atoms with E-state index in [1.807, 2.05) is 53.7 Å². The van der Waals surface area contributed by atoms with E-state index in [1.54, 1.807) is 0 Å². The zero-order valence-corrected chi connectivity index (χ0v) is 48.5. The van der Waals surface area contributed by atoms with E-state index in [9.17, 15) is 9.59 Å². The minimum Gasteiger partial charge on any atom is -0.486 e. The first-order valence-electron chi connectivity index (χ1n) is 26.8. The zero-order chi connectivity index (χ0) is 55.6. The van der Waals surface area contributed by atoms with E-state index in [4.69, 9.17) is 28.4 Å². The normalized spacial score (nSPS) is 14.2. The van der Waals surface area contributed by atoms with Crippen molar-refractivity contribution >= 4 is 30.3 Å². The Balaban J connectivity index is 0.000000304. The highest BCUT2D eigenvalue weighted by Gasteiger charge is 2.52. The number of carbonyl (C=O) groups excluding carboxylic acids is 4. The molecular formula is C65H87BO8. The molecule has 0 spiro atoms. The average molecular weight is 1010 g/mol. The van der Waals surface area contributed by atoms with Gasteiger partial charge in [-0.25, -0.2) is 0 Å². The topological polar surface area (TPSA) is 105 Å². The largest absolute Gasteiger partial charge is 0.495 e. The van der Waals surface area contributed by atoms with Crippen LogP contribution in [0.25, 0.3) is 11.1 Å². The van der Waals surface area contributed by atoms with Crippen LogP contribution >= 0.6 is 0 Å². The van der Waals surface area contributed by atoms with Gasteiger partial charge in [-0.05, 0) is 161 Å². The van der Waals surface area contributed by atoms with Crippen molar-refractivity contribution in [2.24, 2.45) is 10.8 Å². The predicted molar refractivity (Wildman–Crippen MR) is 303 cm³/mol. The second kappa shape index (κ2) is 24.8. The van der Waals surface area contributed by atoms with E-state index in [1.165, 1.54) is 50.1 Å². The van der Waals surface area contributed by atoms with Gasteiger partial charge in [-0.1, -0.05) is 167 Å². The number of aryl methyl sites for hydroxylation is 5. The van der Waals surface area contributed by atoms with Crippen molar-refractivity contribution in [3.05, 3.63) is 147 Å². The maximum atomic E-state index is 12.3. The van der Waals surface area contributed by atoms with Gasteiger partial charge in [0.15, 0.2) is 11.6 Å². The van der Waals surface area contributed by atoms with Gasteiger partial charge in [0, 0.05) is 21.7 Å². The molecule has 0 N–H and O–H groups in total. The van der Waals surface area contributed by atoms with Gasteiger partial charge in [-0.3, -0.25) is 9.59 Å². The van der Waals surface area contributed by atoms with Crippen LogP contribution in [0.3, 0.4) is 0 Å². The Labute approximate surface area is 445 Å². The number of carbonyl (C=O) groups is 2. The van der Waals surface area contributed by atoms with Gasteiger partial charge >= 0.3 is 13.3 Å². The van der Waals surface area contributed by atoms with Crippen LogP contribution in [0.5, 0.6) is 11.5 Å². The Morgan fingerprint density at radius 2 is 0.865 bits per heavy atom. The third kappa shape index (κ3) is 13.8. The van der Waals surface area contributed by atoms with Crippen LogP contribution in [0.15, 0.2) is 97.1 Å². The molecule has 6 rings (SSSR count). The quantitative estimate of drug-likeness (QED) is 0.0848. The molecule has 1 fully saturated rings. The summed E-state index contributed by atoms with van der Waals surface area (Å²) in [5.74, 6) is 1.76. The molecule has 74 heavy (non-hydrogen) atoms. The van der Waals surface area contributed by atoms with Gasteiger partial charge < -0.3 is 18.8 Å². The Kier molecular flexibility index (Phi) is 20.5. The lowest BCUT2D eigenvalue weighted by molar-refractivity contribution is -0.191. The number of ether oxygens (including phenoxy) is 2. The summed E-state index contributed by atoms with van der Waals surface area (Å²) in [6.45, 7) is 39.9.